The van der Waals surface area contributed by atoms with Crippen LogP contribution < -0.4 is 11.3 Å². The van der Waals surface area contributed by atoms with Gasteiger partial charge in [0.15, 0.2) is 0 Å². The molecule has 2 aromatic rings. The second kappa shape index (κ2) is 5.12. The smallest absolute Gasteiger partial charge is 0.128 e. The van der Waals surface area contributed by atoms with Crippen molar-refractivity contribution in [1.29, 1.82) is 0 Å². The number of nitrogens with one attached hydrogen (secondary N) is 1. The fourth-order valence-corrected chi connectivity index (χ4v) is 1.80. The molecule has 0 aliphatic heterocycles. The van der Waals surface area contributed by atoms with Gasteiger partial charge in [-0.25, -0.2) is 4.39 Å². The van der Waals surface area contributed by atoms with Crippen LogP contribution in [-0.2, 0) is 6.42 Å². The average Bonchev–Trinajstić information content (AvgIpc) is 2.79. The third-order valence-electron chi connectivity index (χ3n) is 2.72. The van der Waals surface area contributed by atoms with E-state index in [2.05, 4.69) is 5.43 Å². The number of benzene rings is 1. The van der Waals surface area contributed by atoms with E-state index in [0.29, 0.717) is 12.0 Å². The molecule has 0 bridgehead atoms. The van der Waals surface area contributed by atoms with Crippen LogP contribution in [0, 0.1) is 12.7 Å². The van der Waals surface area contributed by atoms with Crippen molar-refractivity contribution < 1.29 is 8.81 Å². The molecule has 90 valence electrons. The minimum absolute atomic E-state index is 0.250. The van der Waals surface area contributed by atoms with E-state index in [1.807, 2.05) is 19.1 Å². The fraction of sp³-hybridized carbons (Fsp3) is 0.231. The van der Waals surface area contributed by atoms with Gasteiger partial charge in [0, 0.05) is 12.0 Å². The molecule has 1 aromatic heterocycles. The molecule has 0 saturated carbocycles. The zero-order valence-corrected chi connectivity index (χ0v) is 9.61. The summed E-state index contributed by atoms with van der Waals surface area (Å²) in [6.07, 6.45) is 2.11. The van der Waals surface area contributed by atoms with Crippen LogP contribution in [0.25, 0.3) is 0 Å². The molecule has 0 amide bonds. The lowest BCUT2D eigenvalue weighted by Gasteiger charge is -2.16. The Hall–Kier alpha value is -1.65. The standard InChI is InChI=1S/C13H15FN2O/c1-9-4-5-11(12(14)7-9)13(16-15)8-10-3-2-6-17-10/h2-7,13,16H,8,15H2,1H3. The highest BCUT2D eigenvalue weighted by Gasteiger charge is 2.16. The van der Waals surface area contributed by atoms with Gasteiger partial charge >= 0.3 is 0 Å². The van der Waals surface area contributed by atoms with Crippen LogP contribution in [0.3, 0.4) is 0 Å². The first-order chi connectivity index (χ1) is 8.20. The Morgan fingerprint density at radius 2 is 2.24 bits per heavy atom. The molecule has 1 aromatic carbocycles. The Labute approximate surface area is 99.4 Å². The van der Waals surface area contributed by atoms with E-state index in [-0.39, 0.29) is 11.9 Å². The van der Waals surface area contributed by atoms with Crippen LogP contribution >= 0.6 is 0 Å². The van der Waals surface area contributed by atoms with E-state index >= 15 is 0 Å². The van der Waals surface area contributed by atoms with Crippen LogP contribution in [0.2, 0.25) is 0 Å². The van der Waals surface area contributed by atoms with Gasteiger partial charge in [-0.15, -0.1) is 0 Å². The minimum atomic E-state index is -0.290. The number of hydrazine groups is 1. The lowest BCUT2D eigenvalue weighted by atomic mass is 10.0. The quantitative estimate of drug-likeness (QED) is 0.631. The molecule has 17 heavy (non-hydrogen) atoms. The third kappa shape index (κ3) is 2.72. The average molecular weight is 234 g/mol. The largest absolute Gasteiger partial charge is 0.469 e. The maximum Gasteiger partial charge on any atom is 0.128 e. The topological polar surface area (TPSA) is 51.2 Å². The van der Waals surface area contributed by atoms with Gasteiger partial charge in [-0.3, -0.25) is 11.3 Å². The molecule has 0 radical (unpaired) electrons. The van der Waals surface area contributed by atoms with Gasteiger partial charge in [0.25, 0.3) is 0 Å². The summed E-state index contributed by atoms with van der Waals surface area (Å²) in [6, 6.07) is 8.47. The van der Waals surface area contributed by atoms with E-state index in [9.17, 15) is 4.39 Å². The van der Waals surface area contributed by atoms with Crippen LogP contribution in [0.4, 0.5) is 4.39 Å². The summed E-state index contributed by atoms with van der Waals surface area (Å²) in [4.78, 5) is 0. The summed E-state index contributed by atoms with van der Waals surface area (Å²) in [5, 5.41) is 0. The first-order valence-corrected chi connectivity index (χ1v) is 5.45. The summed E-state index contributed by atoms with van der Waals surface area (Å²) < 4.78 is 19.0. The monoisotopic (exact) mass is 234 g/mol. The van der Waals surface area contributed by atoms with Crippen LogP contribution in [0.1, 0.15) is 22.9 Å². The Morgan fingerprint density at radius 3 is 2.82 bits per heavy atom. The minimum Gasteiger partial charge on any atom is -0.469 e. The Kier molecular flexibility index (Phi) is 3.56. The molecule has 1 unspecified atom stereocenters. The summed E-state index contributed by atoms with van der Waals surface area (Å²) in [6.45, 7) is 1.85. The summed E-state index contributed by atoms with van der Waals surface area (Å²) in [7, 11) is 0. The van der Waals surface area contributed by atoms with Crippen molar-refractivity contribution in [2.45, 2.75) is 19.4 Å². The second-order valence-corrected chi connectivity index (χ2v) is 4.03. The zero-order chi connectivity index (χ0) is 12.3. The molecule has 0 spiro atoms. The molecule has 4 heteroatoms. The van der Waals surface area contributed by atoms with Crippen molar-refractivity contribution in [3.8, 4) is 0 Å². The summed E-state index contributed by atoms with van der Waals surface area (Å²) in [5.74, 6) is 5.99. The molecule has 1 atom stereocenters. The normalized spacial score (nSPS) is 12.6. The van der Waals surface area contributed by atoms with Gasteiger partial charge in [0.05, 0.1) is 12.3 Å². The number of furan rings is 1. The van der Waals surface area contributed by atoms with Gasteiger partial charge in [-0.05, 0) is 30.7 Å². The van der Waals surface area contributed by atoms with Crippen LogP contribution in [0.15, 0.2) is 41.0 Å². The third-order valence-corrected chi connectivity index (χ3v) is 2.72. The van der Waals surface area contributed by atoms with Gasteiger partial charge in [-0.1, -0.05) is 12.1 Å². The fourth-order valence-electron chi connectivity index (χ4n) is 1.80. The lowest BCUT2D eigenvalue weighted by molar-refractivity contribution is 0.443. The molecule has 1 heterocycles. The second-order valence-electron chi connectivity index (χ2n) is 4.03. The molecule has 0 aliphatic carbocycles. The van der Waals surface area contributed by atoms with E-state index in [1.54, 1.807) is 18.4 Å². The number of aryl methyl sites for hydroxylation is 1. The maximum atomic E-state index is 13.8. The van der Waals surface area contributed by atoms with Crippen molar-refractivity contribution in [3.63, 3.8) is 0 Å². The maximum absolute atomic E-state index is 13.8. The molecule has 3 nitrogen and oxygen atoms in total. The Morgan fingerprint density at radius 1 is 1.41 bits per heavy atom. The number of halogens is 1. The van der Waals surface area contributed by atoms with Crippen LogP contribution in [-0.4, -0.2) is 0 Å². The van der Waals surface area contributed by atoms with E-state index in [1.165, 1.54) is 6.07 Å². The highest BCUT2D eigenvalue weighted by Crippen LogP contribution is 2.21. The van der Waals surface area contributed by atoms with E-state index in [4.69, 9.17) is 10.3 Å². The molecule has 0 fully saturated rings. The first-order valence-electron chi connectivity index (χ1n) is 5.45. The summed E-state index contributed by atoms with van der Waals surface area (Å²) in [5.41, 5.74) is 4.06. The molecule has 2 rings (SSSR count). The Balaban J connectivity index is 2.23. The van der Waals surface area contributed by atoms with Gasteiger partial charge in [0.1, 0.15) is 11.6 Å². The number of hydrogen-bond donors (Lipinski definition) is 2. The highest BCUT2D eigenvalue weighted by molar-refractivity contribution is 5.27. The predicted octanol–water partition coefficient (Wildman–Crippen LogP) is 2.47. The Bertz CT molecular complexity index is 482. The SMILES string of the molecule is Cc1ccc(C(Cc2ccco2)NN)c(F)c1. The number of nitrogens with two attached hydrogens (primary N) is 1. The van der Waals surface area contributed by atoms with Crippen LogP contribution in [0.5, 0.6) is 0 Å². The molecular formula is C13H15FN2O. The van der Waals surface area contributed by atoms with Crippen molar-refractivity contribution in [1.82, 2.24) is 5.43 Å². The van der Waals surface area contributed by atoms with Crippen molar-refractivity contribution in [2.24, 2.45) is 5.84 Å². The van der Waals surface area contributed by atoms with Crippen molar-refractivity contribution in [3.05, 3.63) is 59.3 Å². The van der Waals surface area contributed by atoms with E-state index in [0.717, 1.165) is 11.3 Å². The molecule has 0 saturated heterocycles. The lowest BCUT2D eigenvalue weighted by Crippen LogP contribution is -2.30. The highest BCUT2D eigenvalue weighted by atomic mass is 19.1. The molecular weight excluding hydrogens is 219 g/mol. The number of hydrogen-bond acceptors (Lipinski definition) is 3. The number of rotatable bonds is 4. The van der Waals surface area contributed by atoms with Gasteiger partial charge < -0.3 is 4.42 Å². The molecule has 0 aliphatic rings. The summed E-state index contributed by atoms with van der Waals surface area (Å²) >= 11 is 0. The van der Waals surface area contributed by atoms with Gasteiger partial charge in [0.2, 0.25) is 0 Å². The van der Waals surface area contributed by atoms with Crippen molar-refractivity contribution >= 4 is 0 Å². The predicted molar refractivity (Wildman–Crippen MR) is 63.6 cm³/mol. The zero-order valence-electron chi connectivity index (χ0n) is 9.61. The van der Waals surface area contributed by atoms with E-state index < -0.39 is 0 Å². The van der Waals surface area contributed by atoms with Crippen molar-refractivity contribution in [2.75, 3.05) is 0 Å². The molecule has 3 N–H and O–H groups in total. The van der Waals surface area contributed by atoms with Gasteiger partial charge in [-0.2, -0.15) is 0 Å². The first kappa shape index (κ1) is 11.8.